The van der Waals surface area contributed by atoms with Gasteiger partial charge in [0.25, 0.3) is 0 Å². The van der Waals surface area contributed by atoms with Crippen molar-refractivity contribution >= 4 is 11.7 Å². The monoisotopic (exact) mass is 349 g/mol. The van der Waals surface area contributed by atoms with Crippen LogP contribution in [-0.4, -0.2) is 30.1 Å². The van der Waals surface area contributed by atoms with Crippen molar-refractivity contribution in [2.75, 3.05) is 19.5 Å². The second kappa shape index (κ2) is 8.11. The highest BCUT2D eigenvalue weighted by Gasteiger charge is 2.11. The third-order valence-corrected chi connectivity index (χ3v) is 3.86. The highest BCUT2D eigenvalue weighted by atomic mass is 16.5. The molecule has 26 heavy (non-hydrogen) atoms. The van der Waals surface area contributed by atoms with Gasteiger partial charge in [-0.3, -0.25) is 4.79 Å². The average molecular weight is 349 g/mol. The number of hydrogen-bond acceptors (Lipinski definition) is 5. The summed E-state index contributed by atoms with van der Waals surface area (Å²) >= 11 is 0. The molecule has 2 aromatic carbocycles. The van der Waals surface area contributed by atoms with Gasteiger partial charge in [-0.15, -0.1) is 0 Å². The molecule has 3 aromatic rings. The molecule has 1 amide bonds. The Hall–Kier alpha value is -3.41. The number of carbonyl (C=O) groups is 1. The predicted molar refractivity (Wildman–Crippen MR) is 99.3 cm³/mol. The number of carbonyl (C=O) groups excluding carboxylic acids is 1. The lowest BCUT2D eigenvalue weighted by molar-refractivity contribution is -0.115. The minimum absolute atomic E-state index is 0.181. The van der Waals surface area contributed by atoms with Gasteiger partial charge in [-0.05, 0) is 18.2 Å². The van der Waals surface area contributed by atoms with E-state index in [4.69, 9.17) is 9.47 Å². The van der Waals surface area contributed by atoms with Crippen LogP contribution in [0.4, 0.5) is 5.82 Å². The third-order valence-electron chi connectivity index (χ3n) is 3.86. The van der Waals surface area contributed by atoms with Gasteiger partial charge in [-0.1, -0.05) is 30.3 Å². The smallest absolute Gasteiger partial charge is 0.230 e. The Morgan fingerprint density at radius 3 is 2.42 bits per heavy atom. The number of aromatic nitrogens is 2. The summed E-state index contributed by atoms with van der Waals surface area (Å²) in [7, 11) is 3.19. The van der Waals surface area contributed by atoms with E-state index in [0.29, 0.717) is 23.0 Å². The van der Waals surface area contributed by atoms with Gasteiger partial charge in [0.05, 0.1) is 26.3 Å². The van der Waals surface area contributed by atoms with Crippen molar-refractivity contribution in [2.45, 2.75) is 6.42 Å². The molecule has 132 valence electrons. The van der Waals surface area contributed by atoms with Gasteiger partial charge < -0.3 is 14.8 Å². The summed E-state index contributed by atoms with van der Waals surface area (Å²) in [5.41, 5.74) is 2.31. The summed E-state index contributed by atoms with van der Waals surface area (Å²) in [6.07, 6.45) is 1.61. The van der Waals surface area contributed by atoms with E-state index >= 15 is 0 Å². The van der Waals surface area contributed by atoms with E-state index in [0.717, 1.165) is 11.1 Å². The van der Waals surface area contributed by atoms with Crippen LogP contribution < -0.4 is 14.8 Å². The summed E-state index contributed by atoms with van der Waals surface area (Å²) in [5.74, 6) is 1.64. The molecular weight excluding hydrogens is 330 g/mol. The van der Waals surface area contributed by atoms with Crippen molar-refractivity contribution in [3.63, 3.8) is 0 Å². The Kier molecular flexibility index (Phi) is 5.43. The highest BCUT2D eigenvalue weighted by molar-refractivity contribution is 5.92. The quantitative estimate of drug-likeness (QED) is 0.739. The van der Waals surface area contributed by atoms with Crippen LogP contribution in [-0.2, 0) is 11.2 Å². The Morgan fingerprint density at radius 2 is 1.65 bits per heavy atom. The van der Waals surface area contributed by atoms with E-state index in [1.165, 1.54) is 6.33 Å². The number of ether oxygens (including phenoxy) is 2. The Labute approximate surface area is 151 Å². The van der Waals surface area contributed by atoms with E-state index in [1.807, 2.05) is 48.5 Å². The number of nitrogens with zero attached hydrogens (tertiary/aromatic N) is 2. The number of amides is 1. The highest BCUT2D eigenvalue weighted by Crippen LogP contribution is 2.28. The van der Waals surface area contributed by atoms with Crippen molar-refractivity contribution in [1.82, 2.24) is 9.97 Å². The zero-order valence-corrected chi connectivity index (χ0v) is 14.6. The maximum absolute atomic E-state index is 12.4. The molecule has 0 radical (unpaired) electrons. The van der Waals surface area contributed by atoms with Crippen molar-refractivity contribution in [2.24, 2.45) is 0 Å². The minimum atomic E-state index is -0.181. The van der Waals surface area contributed by atoms with E-state index < -0.39 is 0 Å². The van der Waals surface area contributed by atoms with Crippen LogP contribution in [0.2, 0.25) is 0 Å². The summed E-state index contributed by atoms with van der Waals surface area (Å²) in [5, 5.41) is 2.80. The number of hydrogen-bond donors (Lipinski definition) is 1. The van der Waals surface area contributed by atoms with Gasteiger partial charge in [0, 0.05) is 17.2 Å². The Balaban J connectivity index is 1.77. The molecule has 0 aliphatic carbocycles. The number of methoxy groups -OCH3 is 2. The van der Waals surface area contributed by atoms with Crippen LogP contribution in [0.15, 0.2) is 60.9 Å². The second-order valence-corrected chi connectivity index (χ2v) is 5.53. The van der Waals surface area contributed by atoms with E-state index in [2.05, 4.69) is 15.3 Å². The maximum Gasteiger partial charge on any atom is 0.230 e. The summed E-state index contributed by atoms with van der Waals surface area (Å²) in [6.45, 7) is 0. The molecule has 0 atom stereocenters. The van der Waals surface area contributed by atoms with Gasteiger partial charge in [-0.2, -0.15) is 0 Å². The first-order valence-corrected chi connectivity index (χ1v) is 8.08. The number of rotatable bonds is 6. The molecule has 0 saturated heterocycles. The number of benzene rings is 2. The SMILES string of the molecule is COc1ccccc1CC(=O)Nc1cc(-c2ccccc2OC)ncn1. The normalized spacial score (nSPS) is 10.2. The molecule has 3 rings (SSSR count). The first-order chi connectivity index (χ1) is 12.7. The van der Waals surface area contributed by atoms with Crippen molar-refractivity contribution in [1.29, 1.82) is 0 Å². The molecule has 1 heterocycles. The molecular formula is C20H19N3O3. The molecule has 6 nitrogen and oxygen atoms in total. The second-order valence-electron chi connectivity index (χ2n) is 5.53. The summed E-state index contributed by atoms with van der Waals surface area (Å²) < 4.78 is 10.6. The molecule has 1 N–H and O–H groups in total. The first-order valence-electron chi connectivity index (χ1n) is 8.08. The molecule has 0 bridgehead atoms. The summed E-state index contributed by atoms with van der Waals surface area (Å²) in [4.78, 5) is 20.8. The zero-order valence-electron chi connectivity index (χ0n) is 14.6. The first kappa shape index (κ1) is 17.4. The molecule has 6 heteroatoms. The van der Waals surface area contributed by atoms with Gasteiger partial charge in [0.15, 0.2) is 0 Å². The molecule has 0 spiro atoms. The Bertz CT molecular complexity index is 912. The minimum Gasteiger partial charge on any atom is -0.496 e. The predicted octanol–water partition coefficient (Wildman–Crippen LogP) is 3.34. The van der Waals surface area contributed by atoms with Crippen molar-refractivity contribution in [3.05, 3.63) is 66.5 Å². The van der Waals surface area contributed by atoms with Gasteiger partial charge in [0.2, 0.25) is 5.91 Å². The number of para-hydroxylation sites is 2. The number of nitrogens with one attached hydrogen (secondary N) is 1. The molecule has 0 unspecified atom stereocenters. The summed E-state index contributed by atoms with van der Waals surface area (Å²) in [6, 6.07) is 16.7. The fourth-order valence-corrected chi connectivity index (χ4v) is 2.64. The largest absolute Gasteiger partial charge is 0.496 e. The van der Waals surface area contributed by atoms with E-state index in [9.17, 15) is 4.79 Å². The van der Waals surface area contributed by atoms with Crippen molar-refractivity contribution < 1.29 is 14.3 Å². The Morgan fingerprint density at radius 1 is 0.962 bits per heavy atom. The number of anilines is 1. The fourth-order valence-electron chi connectivity index (χ4n) is 2.64. The molecule has 1 aromatic heterocycles. The van der Waals surface area contributed by atoms with Crippen LogP contribution >= 0.6 is 0 Å². The fraction of sp³-hybridized carbons (Fsp3) is 0.150. The van der Waals surface area contributed by atoms with Gasteiger partial charge in [-0.25, -0.2) is 9.97 Å². The zero-order chi connectivity index (χ0) is 18.4. The lowest BCUT2D eigenvalue weighted by Gasteiger charge is -2.10. The molecule has 0 aliphatic heterocycles. The molecule has 0 fully saturated rings. The van der Waals surface area contributed by atoms with Crippen LogP contribution in [0.5, 0.6) is 11.5 Å². The average Bonchev–Trinajstić information content (AvgIpc) is 2.68. The standard InChI is InChI=1S/C20H19N3O3/c1-25-17-9-5-3-7-14(17)11-20(24)23-19-12-16(21-13-22-19)15-8-4-6-10-18(15)26-2/h3-10,12-13H,11H2,1-2H3,(H,21,22,23,24). The lowest BCUT2D eigenvalue weighted by Crippen LogP contribution is -2.16. The molecule has 0 saturated carbocycles. The molecule has 0 aliphatic rings. The van der Waals surface area contributed by atoms with Crippen LogP contribution in [0.25, 0.3) is 11.3 Å². The van der Waals surface area contributed by atoms with Crippen molar-refractivity contribution in [3.8, 4) is 22.8 Å². The lowest BCUT2D eigenvalue weighted by atomic mass is 10.1. The third kappa shape index (κ3) is 3.97. The van der Waals surface area contributed by atoms with E-state index in [1.54, 1.807) is 20.3 Å². The topological polar surface area (TPSA) is 73.3 Å². The van der Waals surface area contributed by atoms with Crippen LogP contribution in [0.3, 0.4) is 0 Å². The van der Waals surface area contributed by atoms with Crippen LogP contribution in [0.1, 0.15) is 5.56 Å². The maximum atomic E-state index is 12.4. The van der Waals surface area contributed by atoms with Crippen LogP contribution in [0, 0.1) is 0 Å². The van der Waals surface area contributed by atoms with Gasteiger partial charge in [0.1, 0.15) is 23.6 Å². The van der Waals surface area contributed by atoms with E-state index in [-0.39, 0.29) is 12.3 Å². The van der Waals surface area contributed by atoms with Gasteiger partial charge >= 0.3 is 0 Å².